The molecule has 1 saturated heterocycles. The lowest BCUT2D eigenvalue weighted by Gasteiger charge is -2.25. The number of hydrogen-bond acceptors (Lipinski definition) is 4. The number of ether oxygens (including phenoxy) is 1. The van der Waals surface area contributed by atoms with Gasteiger partial charge in [-0.3, -0.25) is 4.79 Å². The van der Waals surface area contributed by atoms with Crippen molar-refractivity contribution in [1.29, 1.82) is 0 Å². The van der Waals surface area contributed by atoms with Crippen molar-refractivity contribution in [3.8, 4) is 0 Å². The lowest BCUT2D eigenvalue weighted by Crippen LogP contribution is -2.40. The fourth-order valence-electron chi connectivity index (χ4n) is 2.65. The van der Waals surface area contributed by atoms with Gasteiger partial charge in [0.2, 0.25) is 5.91 Å². The van der Waals surface area contributed by atoms with Gasteiger partial charge < -0.3 is 9.84 Å². The summed E-state index contributed by atoms with van der Waals surface area (Å²) in [7, 11) is 0. The third kappa shape index (κ3) is 2.58. The zero-order valence-electron chi connectivity index (χ0n) is 16.0. The SMILES string of the molecule is [2H]C1([2H])[C@@]2([2H])C(=O)N(C(=O)OC(C)(C)C)C[C@@]12c1ccc(C(=O)O)cc1. The highest BCUT2D eigenvalue weighted by Gasteiger charge is 2.67. The quantitative estimate of drug-likeness (QED) is 0.904. The number of amides is 2. The van der Waals surface area contributed by atoms with Crippen LogP contribution in [0.4, 0.5) is 4.79 Å². The van der Waals surface area contributed by atoms with Gasteiger partial charge in [0.25, 0.3) is 0 Å². The van der Waals surface area contributed by atoms with E-state index in [1.54, 1.807) is 20.8 Å². The topological polar surface area (TPSA) is 83.9 Å². The molecule has 6 nitrogen and oxygen atoms in total. The minimum atomic E-state index is -2.18. The largest absolute Gasteiger partial charge is 0.478 e. The van der Waals surface area contributed by atoms with Crippen LogP contribution in [0.2, 0.25) is 0 Å². The van der Waals surface area contributed by atoms with Crippen LogP contribution >= 0.6 is 0 Å². The third-order valence-electron chi connectivity index (χ3n) is 3.80. The molecule has 1 aliphatic carbocycles. The Morgan fingerprint density at radius 1 is 1.39 bits per heavy atom. The summed E-state index contributed by atoms with van der Waals surface area (Å²) >= 11 is 0. The number of carbonyl (C=O) groups excluding carboxylic acids is 2. The van der Waals surface area contributed by atoms with Gasteiger partial charge in [-0.2, -0.15) is 0 Å². The summed E-state index contributed by atoms with van der Waals surface area (Å²) in [6.07, 6.45) is -3.10. The molecule has 23 heavy (non-hydrogen) atoms. The first-order valence-electron chi connectivity index (χ1n) is 8.68. The summed E-state index contributed by atoms with van der Waals surface area (Å²) in [5.74, 6) is -4.23. The van der Waals surface area contributed by atoms with E-state index in [1.807, 2.05) is 0 Å². The summed E-state index contributed by atoms with van der Waals surface area (Å²) in [6.45, 7) is 4.59. The molecule has 122 valence electrons. The number of aromatic carboxylic acids is 1. The van der Waals surface area contributed by atoms with Crippen LogP contribution in [-0.2, 0) is 14.9 Å². The summed E-state index contributed by atoms with van der Waals surface area (Å²) in [4.78, 5) is 36.8. The lowest BCUT2D eigenvalue weighted by atomic mass is 9.94. The molecule has 6 heteroatoms. The number of carboxylic acids is 1. The van der Waals surface area contributed by atoms with E-state index in [-0.39, 0.29) is 12.1 Å². The fourth-order valence-corrected chi connectivity index (χ4v) is 2.65. The number of rotatable bonds is 2. The number of piperidine rings is 1. The Bertz CT molecular complexity index is 817. The Balaban J connectivity index is 1.99. The van der Waals surface area contributed by atoms with Crippen LogP contribution in [0.5, 0.6) is 0 Å². The van der Waals surface area contributed by atoms with Gasteiger partial charge >= 0.3 is 12.1 Å². The smallest absolute Gasteiger partial charge is 0.417 e. The van der Waals surface area contributed by atoms with E-state index in [2.05, 4.69) is 0 Å². The molecule has 2 aliphatic rings. The molecule has 2 fully saturated rings. The summed E-state index contributed by atoms with van der Waals surface area (Å²) in [5, 5.41) is 9.00. The van der Waals surface area contributed by atoms with E-state index >= 15 is 0 Å². The minimum absolute atomic E-state index is 0.00950. The first-order chi connectivity index (χ1) is 11.8. The molecule has 1 aromatic rings. The Kier molecular flexibility index (Phi) is 2.53. The molecule has 1 aliphatic heterocycles. The van der Waals surface area contributed by atoms with E-state index in [9.17, 15) is 14.4 Å². The van der Waals surface area contributed by atoms with Gasteiger partial charge in [-0.1, -0.05) is 12.1 Å². The maximum Gasteiger partial charge on any atom is 0.417 e. The third-order valence-corrected chi connectivity index (χ3v) is 3.80. The average Bonchev–Trinajstić information content (AvgIpc) is 2.76. The van der Waals surface area contributed by atoms with E-state index in [4.69, 9.17) is 14.0 Å². The van der Waals surface area contributed by atoms with Crippen LogP contribution in [0.3, 0.4) is 0 Å². The maximum absolute atomic E-state index is 12.7. The van der Waals surface area contributed by atoms with E-state index in [0.29, 0.717) is 5.56 Å². The molecule has 3 rings (SSSR count). The van der Waals surface area contributed by atoms with Crippen molar-refractivity contribution >= 4 is 18.0 Å². The van der Waals surface area contributed by atoms with Crippen LogP contribution in [0.1, 0.15) is 47.2 Å². The first-order valence-corrected chi connectivity index (χ1v) is 7.18. The van der Waals surface area contributed by atoms with Crippen molar-refractivity contribution in [3.63, 3.8) is 0 Å². The van der Waals surface area contributed by atoms with E-state index < -0.39 is 41.3 Å². The summed E-state index contributed by atoms with van der Waals surface area (Å²) < 4.78 is 30.0. The second-order valence-corrected chi connectivity index (χ2v) is 6.66. The molecular formula is C17H19NO5. The molecule has 0 unspecified atom stereocenters. The van der Waals surface area contributed by atoms with Gasteiger partial charge in [-0.25, -0.2) is 14.5 Å². The van der Waals surface area contributed by atoms with Gasteiger partial charge in [0, 0.05) is 16.1 Å². The summed E-state index contributed by atoms with van der Waals surface area (Å²) in [5.41, 5.74) is -2.07. The number of fused-ring (bicyclic) bond motifs is 1. The first kappa shape index (κ1) is 12.1. The second-order valence-electron chi connectivity index (χ2n) is 6.66. The molecule has 1 saturated carbocycles. The van der Waals surface area contributed by atoms with Gasteiger partial charge in [-0.15, -0.1) is 0 Å². The molecule has 0 spiro atoms. The van der Waals surface area contributed by atoms with Crippen LogP contribution in [-0.4, -0.2) is 40.1 Å². The zero-order chi connectivity index (χ0) is 19.7. The van der Waals surface area contributed by atoms with Gasteiger partial charge in [0.05, 0.1) is 11.5 Å². The molecule has 0 bridgehead atoms. The summed E-state index contributed by atoms with van der Waals surface area (Å²) in [6, 6.07) is 5.37. The van der Waals surface area contributed by atoms with Crippen molar-refractivity contribution in [1.82, 2.24) is 4.90 Å². The maximum atomic E-state index is 12.7. The van der Waals surface area contributed by atoms with Crippen molar-refractivity contribution in [2.24, 2.45) is 5.89 Å². The fraction of sp³-hybridized carbons (Fsp3) is 0.471. The minimum Gasteiger partial charge on any atom is -0.478 e. The van der Waals surface area contributed by atoms with Gasteiger partial charge in [-0.05, 0) is 44.8 Å². The standard InChI is InChI=1S/C17H19NO5/c1-16(2,3)23-15(22)18-9-17(8-12(17)13(18)19)11-6-4-10(5-7-11)14(20)21/h4-7,12H,8-9H2,1-3H3,(H,20,21)/t12-,17+/m0/s1/i8D2,12D. The molecule has 1 aromatic carbocycles. The molecule has 0 radical (unpaired) electrons. The van der Waals surface area contributed by atoms with Crippen LogP contribution in [0.15, 0.2) is 24.3 Å². The van der Waals surface area contributed by atoms with Crippen LogP contribution in [0, 0.1) is 5.89 Å². The van der Waals surface area contributed by atoms with Crippen LogP contribution < -0.4 is 0 Å². The van der Waals surface area contributed by atoms with E-state index in [1.165, 1.54) is 24.3 Å². The van der Waals surface area contributed by atoms with Crippen molar-refractivity contribution in [2.75, 3.05) is 6.54 Å². The number of hydrogen-bond donors (Lipinski definition) is 1. The Morgan fingerprint density at radius 3 is 2.52 bits per heavy atom. The molecular weight excluding hydrogens is 298 g/mol. The van der Waals surface area contributed by atoms with Crippen molar-refractivity contribution in [2.45, 2.75) is 38.2 Å². The lowest BCUT2D eigenvalue weighted by molar-refractivity contribution is -0.129. The number of carbonyl (C=O) groups is 3. The predicted molar refractivity (Wildman–Crippen MR) is 81.1 cm³/mol. The van der Waals surface area contributed by atoms with Crippen molar-refractivity contribution in [3.05, 3.63) is 35.4 Å². The zero-order valence-corrected chi connectivity index (χ0v) is 13.0. The highest BCUT2D eigenvalue weighted by atomic mass is 16.6. The van der Waals surface area contributed by atoms with Crippen LogP contribution in [0.25, 0.3) is 0 Å². The molecule has 1 heterocycles. The van der Waals surface area contributed by atoms with Gasteiger partial charge in [0.15, 0.2) is 0 Å². The molecule has 0 aromatic heterocycles. The van der Waals surface area contributed by atoms with Crippen molar-refractivity contribution < 1.29 is 28.3 Å². The number of benzene rings is 1. The Morgan fingerprint density at radius 2 is 2.00 bits per heavy atom. The predicted octanol–water partition coefficient (Wildman–Crippen LogP) is 2.42. The molecule has 2 atom stereocenters. The number of nitrogens with zero attached hydrogens (tertiary/aromatic N) is 1. The van der Waals surface area contributed by atoms with Gasteiger partial charge in [0.1, 0.15) is 5.60 Å². The Labute approximate surface area is 138 Å². The monoisotopic (exact) mass is 320 g/mol. The van der Waals surface area contributed by atoms with E-state index in [0.717, 1.165) is 4.90 Å². The number of carboxylic acid groups (broad SMARTS) is 1. The normalized spacial score (nSPS) is 33.3. The highest BCUT2D eigenvalue weighted by Crippen LogP contribution is 2.59. The average molecular weight is 320 g/mol. The number of likely N-dealkylation sites (tertiary alicyclic amines) is 1. The molecule has 1 N–H and O–H groups in total. The number of imide groups is 1. The molecule has 2 amide bonds. The Hall–Kier alpha value is -2.37. The highest BCUT2D eigenvalue weighted by molar-refractivity contribution is 5.99. The second kappa shape index (κ2) is 4.81.